The van der Waals surface area contributed by atoms with Crippen molar-refractivity contribution < 1.29 is 18.6 Å². The molecular weight excluding hydrogens is 512 g/mol. The fraction of sp³-hybridized carbons (Fsp3) is 0.455. The van der Waals surface area contributed by atoms with Crippen molar-refractivity contribution in [1.29, 1.82) is 0 Å². The lowest BCUT2D eigenvalue weighted by Crippen LogP contribution is -2.36. The molecule has 214 valence electrons. The molecule has 39 heavy (non-hydrogen) atoms. The van der Waals surface area contributed by atoms with Crippen molar-refractivity contribution in [2.24, 2.45) is 0 Å². The third-order valence-electron chi connectivity index (χ3n) is 7.29. The van der Waals surface area contributed by atoms with Crippen LogP contribution in [0, 0.1) is 0 Å². The monoisotopic (exact) mass is 557 g/mol. The number of halogens is 2. The van der Waals surface area contributed by atoms with E-state index in [1.165, 1.54) is 13.0 Å². The maximum atomic E-state index is 16.6. The van der Waals surface area contributed by atoms with Crippen molar-refractivity contribution in [3.63, 3.8) is 0 Å². The van der Waals surface area contributed by atoms with Crippen LogP contribution in [0.15, 0.2) is 72.4 Å². The summed E-state index contributed by atoms with van der Waals surface area (Å²) in [4.78, 5) is 0.376. The first-order valence-electron chi connectivity index (χ1n) is 13.3. The molecule has 3 unspecified atom stereocenters. The normalized spacial score (nSPS) is 16.7. The van der Waals surface area contributed by atoms with Gasteiger partial charge in [-0.1, -0.05) is 76.4 Å². The summed E-state index contributed by atoms with van der Waals surface area (Å²) < 4.78 is 38.1. The Labute approximate surface area is 239 Å². The number of aliphatic hydroxyl groups is 1. The van der Waals surface area contributed by atoms with E-state index in [-0.39, 0.29) is 29.1 Å². The molecule has 3 nitrogen and oxygen atoms in total. The van der Waals surface area contributed by atoms with E-state index in [0.29, 0.717) is 29.1 Å². The number of aliphatic hydroxyl groups excluding tert-OH is 1. The number of rotatable bonds is 13. The van der Waals surface area contributed by atoms with E-state index in [1.807, 2.05) is 24.3 Å². The number of nitrogens with one attached hydrogen (secondary N) is 1. The summed E-state index contributed by atoms with van der Waals surface area (Å²) in [6, 6.07) is 9.39. The van der Waals surface area contributed by atoms with E-state index in [2.05, 4.69) is 64.5 Å². The molecule has 2 rings (SSSR count). The van der Waals surface area contributed by atoms with Crippen molar-refractivity contribution in [2.75, 3.05) is 20.8 Å². The number of hydrogen-bond acceptors (Lipinski definition) is 4. The zero-order valence-corrected chi connectivity index (χ0v) is 25.4. The first kappa shape index (κ1) is 32.8. The minimum absolute atomic E-state index is 0.0453. The number of methoxy groups -OCH3 is 1. The zero-order valence-electron chi connectivity index (χ0n) is 24.5. The predicted octanol–water partition coefficient (Wildman–Crippen LogP) is 8.78. The highest BCUT2D eigenvalue weighted by atomic mass is 32.1. The number of thiol groups is 1. The molecule has 0 saturated heterocycles. The number of alkyl halides is 2. The summed E-state index contributed by atoms with van der Waals surface area (Å²) in [7, 11) is 3.36. The molecule has 6 heteroatoms. The number of hydrogen-bond donors (Lipinski definition) is 3. The van der Waals surface area contributed by atoms with E-state index in [1.54, 1.807) is 21.1 Å². The maximum Gasteiger partial charge on any atom is 0.160 e. The first-order chi connectivity index (χ1) is 18.1. The van der Waals surface area contributed by atoms with Gasteiger partial charge in [-0.2, -0.15) is 0 Å². The summed E-state index contributed by atoms with van der Waals surface area (Å²) in [6.07, 6.45) is -0.264. The average Bonchev–Trinajstić information content (AvgIpc) is 2.84. The van der Waals surface area contributed by atoms with Crippen LogP contribution in [0.5, 0.6) is 0 Å². The van der Waals surface area contributed by atoms with Gasteiger partial charge in [0.25, 0.3) is 0 Å². The van der Waals surface area contributed by atoms with E-state index in [9.17, 15) is 5.11 Å². The highest BCUT2D eigenvalue weighted by Gasteiger charge is 2.41. The van der Waals surface area contributed by atoms with Crippen LogP contribution < -0.4 is 5.32 Å². The third kappa shape index (κ3) is 7.41. The highest BCUT2D eigenvalue weighted by molar-refractivity contribution is 7.84. The topological polar surface area (TPSA) is 41.5 Å². The third-order valence-corrected chi connectivity index (χ3v) is 7.53. The molecule has 2 aromatic carbocycles. The second kappa shape index (κ2) is 13.3. The van der Waals surface area contributed by atoms with E-state index in [0.717, 1.165) is 21.9 Å². The molecule has 0 heterocycles. The van der Waals surface area contributed by atoms with Crippen LogP contribution >= 0.6 is 12.6 Å². The molecule has 4 atom stereocenters. The summed E-state index contributed by atoms with van der Waals surface area (Å²) in [5, 5.41) is 15.7. The molecular formula is C33H45F2NO2S. The van der Waals surface area contributed by atoms with Gasteiger partial charge < -0.3 is 15.2 Å². The smallest absolute Gasteiger partial charge is 0.160 e. The highest BCUT2D eigenvalue weighted by Crippen LogP contribution is 2.46. The second-order valence-corrected chi connectivity index (χ2v) is 12.2. The Balaban J connectivity index is 3.11. The second-order valence-electron chi connectivity index (χ2n) is 11.5. The Hall–Kier alpha value is -2.41. The Morgan fingerprint density at radius 1 is 1.18 bits per heavy atom. The van der Waals surface area contributed by atoms with Crippen molar-refractivity contribution >= 4 is 29.0 Å². The Morgan fingerprint density at radius 2 is 1.77 bits per heavy atom. The van der Waals surface area contributed by atoms with Crippen molar-refractivity contribution in [2.45, 2.75) is 76.7 Å². The molecule has 0 aliphatic carbocycles. The number of fused-ring (bicyclic) bond motifs is 1. The molecule has 0 aliphatic heterocycles. The molecule has 0 aromatic heterocycles. The zero-order chi connectivity index (χ0) is 29.7. The van der Waals surface area contributed by atoms with Crippen LogP contribution in [0.3, 0.4) is 0 Å². The molecule has 0 radical (unpaired) electrons. The molecule has 0 fully saturated rings. The number of ether oxygens (including phenoxy) is 1. The van der Waals surface area contributed by atoms with Crippen LogP contribution in [0.25, 0.3) is 16.3 Å². The molecule has 0 amide bonds. The summed E-state index contributed by atoms with van der Waals surface area (Å²) in [6.45, 7) is 20.9. The van der Waals surface area contributed by atoms with Gasteiger partial charge in [-0.25, -0.2) is 8.78 Å². The van der Waals surface area contributed by atoms with Gasteiger partial charge in [0.2, 0.25) is 0 Å². The van der Waals surface area contributed by atoms with E-state index < -0.39 is 17.9 Å². The van der Waals surface area contributed by atoms with Crippen molar-refractivity contribution in [3.05, 3.63) is 89.1 Å². The molecule has 2 N–H and O–H groups in total. The average molecular weight is 558 g/mol. The van der Waals surface area contributed by atoms with Crippen LogP contribution in [-0.4, -0.2) is 43.8 Å². The maximum absolute atomic E-state index is 16.6. The van der Waals surface area contributed by atoms with Crippen LogP contribution in [0.2, 0.25) is 0 Å². The summed E-state index contributed by atoms with van der Waals surface area (Å²) >= 11 is 4.61. The number of benzene rings is 2. The van der Waals surface area contributed by atoms with Gasteiger partial charge >= 0.3 is 0 Å². The van der Waals surface area contributed by atoms with Crippen LogP contribution in [0.4, 0.5) is 8.78 Å². The van der Waals surface area contributed by atoms with Crippen molar-refractivity contribution in [3.8, 4) is 0 Å². The lowest BCUT2D eigenvalue weighted by atomic mass is 9.73. The summed E-state index contributed by atoms with van der Waals surface area (Å²) in [5.74, 6) is -0.415. The Morgan fingerprint density at radius 3 is 2.23 bits per heavy atom. The van der Waals surface area contributed by atoms with Crippen LogP contribution in [0.1, 0.15) is 70.1 Å². The Kier molecular flexibility index (Phi) is 11.2. The number of allylic oxidation sites excluding steroid dienone is 4. The lowest BCUT2D eigenvalue weighted by molar-refractivity contribution is 0.103. The minimum atomic E-state index is -2.26. The standard InChI is InChI=1S/C33H45F2NO2S/c1-11-20(2)19-33(8,35)31(34)28(22(4)39)26-18-27(32(5,6)7)23-14-12-13-15-24(23)29(26)25(16-17-38-10)30(36-9)21(3)37/h11-15,18,25,30-31,36-37,39H,1-3,16-17,19H2,4-10H3/b28-22+/t25?,30?,31-,33?/m1/s1. The minimum Gasteiger partial charge on any atom is -0.511 e. The van der Waals surface area contributed by atoms with Gasteiger partial charge in [0.15, 0.2) is 6.17 Å². The van der Waals surface area contributed by atoms with Gasteiger partial charge in [-0.3, -0.25) is 0 Å². The molecule has 0 spiro atoms. The quantitative estimate of drug-likeness (QED) is 0.131. The van der Waals surface area contributed by atoms with Gasteiger partial charge in [0.1, 0.15) is 11.4 Å². The fourth-order valence-corrected chi connectivity index (χ4v) is 5.62. The van der Waals surface area contributed by atoms with E-state index >= 15 is 8.78 Å². The fourth-order valence-electron chi connectivity index (χ4n) is 5.38. The summed E-state index contributed by atoms with van der Waals surface area (Å²) in [5.41, 5.74) is 0.381. The molecule has 0 aliphatic rings. The molecule has 0 saturated carbocycles. The van der Waals surface area contributed by atoms with Gasteiger partial charge in [0.05, 0.1) is 6.04 Å². The lowest BCUT2D eigenvalue weighted by Gasteiger charge is -2.35. The first-order valence-corrected chi connectivity index (χ1v) is 13.7. The van der Waals surface area contributed by atoms with Crippen LogP contribution in [-0.2, 0) is 10.2 Å². The van der Waals surface area contributed by atoms with Crippen molar-refractivity contribution in [1.82, 2.24) is 5.32 Å². The molecule has 0 bridgehead atoms. The van der Waals surface area contributed by atoms with Gasteiger partial charge in [-0.15, -0.1) is 12.6 Å². The van der Waals surface area contributed by atoms with E-state index in [4.69, 9.17) is 4.74 Å². The SMILES string of the molecule is C=CC(=C)CC(C)(F)[C@H](F)/C(=C(\C)S)c1cc(C(C)(C)C)c2ccccc2c1C(CCOC)C(NC)C(=C)O. The van der Waals surface area contributed by atoms with Gasteiger partial charge in [-0.05, 0) is 71.2 Å². The molecule has 2 aromatic rings. The van der Waals surface area contributed by atoms with Gasteiger partial charge in [0, 0.05) is 31.6 Å². The number of likely N-dealkylation sites (N-methyl/N-ethyl adjacent to an activating group) is 1. The predicted molar refractivity (Wildman–Crippen MR) is 166 cm³/mol. The Bertz CT molecular complexity index is 1240. The largest absolute Gasteiger partial charge is 0.511 e.